The monoisotopic (exact) mass is 291 g/mol. The Hall–Kier alpha value is -1.73. The van der Waals surface area contributed by atoms with E-state index < -0.39 is 0 Å². The lowest BCUT2D eigenvalue weighted by atomic mass is 10.1. The highest BCUT2D eigenvalue weighted by Gasteiger charge is 2.20. The van der Waals surface area contributed by atoms with E-state index in [1.165, 1.54) is 6.33 Å². The van der Waals surface area contributed by atoms with E-state index in [4.69, 9.17) is 4.74 Å². The zero-order valence-corrected chi connectivity index (χ0v) is 12.5. The first-order valence-corrected chi connectivity index (χ1v) is 7.36. The molecule has 2 aromatic rings. The fourth-order valence-corrected chi connectivity index (χ4v) is 2.76. The van der Waals surface area contributed by atoms with Gasteiger partial charge in [0.05, 0.1) is 25.1 Å². The van der Waals surface area contributed by atoms with E-state index in [0.29, 0.717) is 17.7 Å². The zero-order chi connectivity index (χ0) is 14.8. The summed E-state index contributed by atoms with van der Waals surface area (Å²) in [6.45, 7) is 4.65. The Balaban J connectivity index is 1.64. The van der Waals surface area contributed by atoms with Crippen LogP contribution < -0.4 is 5.56 Å². The highest BCUT2D eigenvalue weighted by atomic mass is 16.5. The van der Waals surface area contributed by atoms with Crippen LogP contribution in [0.5, 0.6) is 0 Å². The molecule has 3 heterocycles. The Morgan fingerprint density at radius 3 is 2.95 bits per heavy atom. The Kier molecular flexibility index (Phi) is 4.03. The SMILES string of the molecule is CC(Cn1cnc2nc[nH]c2c1=O)OC1CCN(C)CC1. The van der Waals surface area contributed by atoms with Crippen LogP contribution in [0.1, 0.15) is 19.8 Å². The van der Waals surface area contributed by atoms with Crippen LogP contribution in [0.3, 0.4) is 0 Å². The van der Waals surface area contributed by atoms with Crippen molar-refractivity contribution in [2.24, 2.45) is 0 Å². The van der Waals surface area contributed by atoms with E-state index in [0.717, 1.165) is 25.9 Å². The lowest BCUT2D eigenvalue weighted by molar-refractivity contribution is -0.0380. The Morgan fingerprint density at radius 1 is 1.43 bits per heavy atom. The maximum atomic E-state index is 12.2. The van der Waals surface area contributed by atoms with Gasteiger partial charge in [0, 0.05) is 13.1 Å². The first-order chi connectivity index (χ1) is 10.1. The van der Waals surface area contributed by atoms with Gasteiger partial charge in [-0.2, -0.15) is 0 Å². The van der Waals surface area contributed by atoms with E-state index >= 15 is 0 Å². The molecule has 7 heteroatoms. The van der Waals surface area contributed by atoms with Crippen molar-refractivity contribution in [1.29, 1.82) is 0 Å². The van der Waals surface area contributed by atoms with Gasteiger partial charge in [-0.25, -0.2) is 9.97 Å². The van der Waals surface area contributed by atoms with Crippen LogP contribution in [0.4, 0.5) is 0 Å². The number of likely N-dealkylation sites (tertiary alicyclic amines) is 1. The molecule has 1 fully saturated rings. The first kappa shape index (κ1) is 14.2. The van der Waals surface area contributed by atoms with Crippen molar-refractivity contribution in [3.8, 4) is 0 Å². The number of nitrogens with zero attached hydrogens (tertiary/aromatic N) is 4. The molecular formula is C14H21N5O2. The van der Waals surface area contributed by atoms with E-state index in [9.17, 15) is 4.79 Å². The molecule has 0 saturated carbocycles. The third kappa shape index (κ3) is 3.14. The summed E-state index contributed by atoms with van der Waals surface area (Å²) in [5.41, 5.74) is 0.806. The summed E-state index contributed by atoms with van der Waals surface area (Å²) in [7, 11) is 2.13. The molecule has 1 atom stereocenters. The third-order valence-electron chi connectivity index (χ3n) is 3.96. The number of piperidine rings is 1. The van der Waals surface area contributed by atoms with Gasteiger partial charge in [0.1, 0.15) is 6.33 Å². The Morgan fingerprint density at radius 2 is 2.19 bits per heavy atom. The van der Waals surface area contributed by atoms with Crippen molar-refractivity contribution in [2.75, 3.05) is 20.1 Å². The van der Waals surface area contributed by atoms with Gasteiger partial charge in [-0.3, -0.25) is 9.36 Å². The van der Waals surface area contributed by atoms with Crippen LogP contribution in [-0.4, -0.2) is 56.8 Å². The van der Waals surface area contributed by atoms with Crippen molar-refractivity contribution in [1.82, 2.24) is 24.4 Å². The minimum Gasteiger partial charge on any atom is -0.373 e. The molecular weight excluding hydrogens is 270 g/mol. The summed E-state index contributed by atoms with van der Waals surface area (Å²) in [5.74, 6) is 0. The number of fused-ring (bicyclic) bond motifs is 1. The van der Waals surface area contributed by atoms with Gasteiger partial charge in [-0.15, -0.1) is 0 Å². The molecule has 0 aliphatic carbocycles. The molecule has 114 valence electrons. The molecule has 1 unspecified atom stereocenters. The van der Waals surface area contributed by atoms with Gasteiger partial charge >= 0.3 is 0 Å². The molecule has 0 amide bonds. The number of nitrogens with one attached hydrogen (secondary N) is 1. The summed E-state index contributed by atoms with van der Waals surface area (Å²) < 4.78 is 7.64. The highest BCUT2D eigenvalue weighted by molar-refractivity contribution is 5.67. The predicted octanol–water partition coefficient (Wildman–Crippen LogP) is 0.619. The second-order valence-corrected chi connectivity index (χ2v) is 5.75. The third-order valence-corrected chi connectivity index (χ3v) is 3.96. The molecule has 1 aliphatic heterocycles. The first-order valence-electron chi connectivity index (χ1n) is 7.36. The average molecular weight is 291 g/mol. The molecule has 0 radical (unpaired) electrons. The maximum absolute atomic E-state index is 12.2. The van der Waals surface area contributed by atoms with Gasteiger partial charge in [0.2, 0.25) is 0 Å². The van der Waals surface area contributed by atoms with Crippen molar-refractivity contribution < 1.29 is 4.74 Å². The molecule has 21 heavy (non-hydrogen) atoms. The number of aromatic nitrogens is 4. The summed E-state index contributed by atoms with van der Waals surface area (Å²) in [6.07, 6.45) is 5.40. The van der Waals surface area contributed by atoms with Crippen LogP contribution >= 0.6 is 0 Å². The van der Waals surface area contributed by atoms with Crippen LogP contribution in [0.25, 0.3) is 11.2 Å². The van der Waals surface area contributed by atoms with Crippen molar-refractivity contribution in [3.63, 3.8) is 0 Å². The van der Waals surface area contributed by atoms with Crippen LogP contribution in [-0.2, 0) is 11.3 Å². The minimum absolute atomic E-state index is 0.0155. The number of hydrogen-bond donors (Lipinski definition) is 1. The van der Waals surface area contributed by atoms with Gasteiger partial charge in [0.25, 0.3) is 5.56 Å². The summed E-state index contributed by atoms with van der Waals surface area (Å²) >= 11 is 0. The lowest BCUT2D eigenvalue weighted by Crippen LogP contribution is -2.37. The van der Waals surface area contributed by atoms with Gasteiger partial charge in [0.15, 0.2) is 11.2 Å². The second kappa shape index (κ2) is 5.95. The number of hydrogen-bond acceptors (Lipinski definition) is 5. The molecule has 1 N–H and O–H groups in total. The maximum Gasteiger partial charge on any atom is 0.279 e. The summed E-state index contributed by atoms with van der Waals surface area (Å²) in [6, 6.07) is 0. The topological polar surface area (TPSA) is 76.0 Å². The van der Waals surface area contributed by atoms with Gasteiger partial charge in [-0.1, -0.05) is 0 Å². The fraction of sp³-hybridized carbons (Fsp3) is 0.643. The second-order valence-electron chi connectivity index (χ2n) is 5.75. The van der Waals surface area contributed by atoms with Gasteiger partial charge < -0.3 is 14.6 Å². The molecule has 3 rings (SSSR count). The molecule has 0 spiro atoms. The molecule has 1 aliphatic rings. The molecule has 0 aromatic carbocycles. The zero-order valence-electron chi connectivity index (χ0n) is 12.5. The van der Waals surface area contributed by atoms with Crippen molar-refractivity contribution in [2.45, 2.75) is 38.5 Å². The quantitative estimate of drug-likeness (QED) is 0.893. The lowest BCUT2D eigenvalue weighted by Gasteiger charge is -2.31. The van der Waals surface area contributed by atoms with E-state index in [1.54, 1.807) is 10.9 Å². The van der Waals surface area contributed by atoms with Crippen LogP contribution in [0.15, 0.2) is 17.4 Å². The largest absolute Gasteiger partial charge is 0.373 e. The number of H-pyrrole nitrogens is 1. The molecule has 2 aromatic heterocycles. The molecule has 7 nitrogen and oxygen atoms in total. The standard InChI is InChI=1S/C14H21N5O2/c1-10(21-11-3-5-18(2)6-4-11)7-19-9-17-13-12(14(19)20)15-8-16-13/h8-11H,3-7H2,1-2H3,(H,15,16). The Bertz CT molecular complexity index is 657. The number of aromatic amines is 1. The summed E-state index contributed by atoms with van der Waals surface area (Å²) in [5, 5.41) is 0. The fourth-order valence-electron chi connectivity index (χ4n) is 2.76. The molecule has 1 saturated heterocycles. The van der Waals surface area contributed by atoms with Crippen molar-refractivity contribution >= 4 is 11.2 Å². The smallest absolute Gasteiger partial charge is 0.279 e. The number of imidazole rings is 1. The predicted molar refractivity (Wildman–Crippen MR) is 79.2 cm³/mol. The van der Waals surface area contributed by atoms with E-state index in [2.05, 4.69) is 26.9 Å². The Labute approximate surface area is 123 Å². The number of ether oxygens (including phenoxy) is 1. The molecule has 0 bridgehead atoms. The number of rotatable bonds is 4. The van der Waals surface area contributed by atoms with E-state index in [1.807, 2.05) is 6.92 Å². The highest BCUT2D eigenvalue weighted by Crippen LogP contribution is 2.14. The average Bonchev–Trinajstić information content (AvgIpc) is 2.94. The van der Waals surface area contributed by atoms with E-state index in [-0.39, 0.29) is 17.8 Å². The van der Waals surface area contributed by atoms with Crippen LogP contribution in [0.2, 0.25) is 0 Å². The van der Waals surface area contributed by atoms with Gasteiger partial charge in [-0.05, 0) is 26.8 Å². The van der Waals surface area contributed by atoms with Crippen molar-refractivity contribution in [3.05, 3.63) is 23.0 Å². The normalized spacial score (nSPS) is 19.1. The minimum atomic E-state index is -0.101. The summed E-state index contributed by atoms with van der Waals surface area (Å²) in [4.78, 5) is 25.5. The van der Waals surface area contributed by atoms with Crippen LogP contribution in [0, 0.1) is 0 Å².